The van der Waals surface area contributed by atoms with E-state index in [0.717, 1.165) is 39.1 Å². The van der Waals surface area contributed by atoms with E-state index in [1.807, 2.05) is 11.3 Å². The van der Waals surface area contributed by atoms with Crippen molar-refractivity contribution < 1.29 is 4.74 Å². The highest BCUT2D eigenvalue weighted by molar-refractivity contribution is 7.11. The summed E-state index contributed by atoms with van der Waals surface area (Å²) < 4.78 is 5.45. The van der Waals surface area contributed by atoms with Crippen LogP contribution in [0.25, 0.3) is 0 Å². The van der Waals surface area contributed by atoms with E-state index >= 15 is 0 Å². The van der Waals surface area contributed by atoms with Crippen LogP contribution in [0.4, 0.5) is 0 Å². The maximum absolute atomic E-state index is 5.45. The van der Waals surface area contributed by atoms with Crippen molar-refractivity contribution >= 4 is 11.3 Å². The second kappa shape index (κ2) is 9.86. The van der Waals surface area contributed by atoms with E-state index in [1.54, 1.807) is 4.88 Å². The molecule has 3 rings (SSSR count). The number of morpholine rings is 1. The molecule has 3 heteroatoms. The van der Waals surface area contributed by atoms with Crippen LogP contribution < -0.4 is 0 Å². The third-order valence-corrected chi connectivity index (χ3v) is 6.96. The van der Waals surface area contributed by atoms with Crippen LogP contribution in [0.5, 0.6) is 0 Å². The van der Waals surface area contributed by atoms with E-state index in [1.165, 1.54) is 41.8 Å². The van der Waals surface area contributed by atoms with E-state index in [-0.39, 0.29) is 0 Å². The molecule has 0 N–H and O–H groups in total. The maximum Gasteiger partial charge on any atom is 0.0594 e. The Bertz CT molecular complexity index is 683. The van der Waals surface area contributed by atoms with Crippen LogP contribution in [-0.2, 0) is 24.0 Å². The predicted octanol–water partition coefficient (Wildman–Crippen LogP) is 5.52. The van der Waals surface area contributed by atoms with E-state index in [2.05, 4.69) is 62.1 Å². The van der Waals surface area contributed by atoms with Gasteiger partial charge in [0.2, 0.25) is 0 Å². The molecule has 0 spiro atoms. The third kappa shape index (κ3) is 7.06. The molecule has 2 heterocycles. The summed E-state index contributed by atoms with van der Waals surface area (Å²) in [6.07, 6.45) is 6.07. The van der Waals surface area contributed by atoms with Gasteiger partial charge >= 0.3 is 0 Å². The number of aryl methyl sites for hydroxylation is 4. The van der Waals surface area contributed by atoms with Gasteiger partial charge in [0, 0.05) is 22.8 Å². The Labute approximate surface area is 169 Å². The first-order valence-electron chi connectivity index (χ1n) is 10.4. The van der Waals surface area contributed by atoms with Crippen molar-refractivity contribution in [3.8, 4) is 0 Å². The molecule has 27 heavy (non-hydrogen) atoms. The fraction of sp³-hybridized carbons (Fsp3) is 0.583. The lowest BCUT2D eigenvalue weighted by molar-refractivity contribution is 0.0323. The Hall–Kier alpha value is -1.16. The predicted molar refractivity (Wildman–Crippen MR) is 117 cm³/mol. The van der Waals surface area contributed by atoms with Gasteiger partial charge in [-0.25, -0.2) is 0 Å². The first-order valence-corrected chi connectivity index (χ1v) is 11.3. The molecular weight excluding hydrogens is 350 g/mol. The molecule has 1 aromatic carbocycles. The van der Waals surface area contributed by atoms with E-state index in [4.69, 9.17) is 4.74 Å². The smallest absolute Gasteiger partial charge is 0.0594 e. The van der Waals surface area contributed by atoms with Crippen LogP contribution in [0.1, 0.15) is 47.6 Å². The van der Waals surface area contributed by atoms with Crippen molar-refractivity contribution in [1.82, 2.24) is 4.90 Å². The van der Waals surface area contributed by atoms with Gasteiger partial charge in [-0.15, -0.1) is 11.3 Å². The highest BCUT2D eigenvalue weighted by Crippen LogP contribution is 2.29. The summed E-state index contributed by atoms with van der Waals surface area (Å²) in [5, 5.41) is 0. The van der Waals surface area contributed by atoms with Gasteiger partial charge in [0.1, 0.15) is 0 Å². The molecule has 0 saturated carbocycles. The number of ether oxygens (including phenoxy) is 1. The zero-order valence-electron chi connectivity index (χ0n) is 17.3. The molecule has 0 unspecified atom stereocenters. The molecule has 2 nitrogen and oxygen atoms in total. The van der Waals surface area contributed by atoms with Crippen LogP contribution >= 0.6 is 11.3 Å². The fourth-order valence-electron chi connectivity index (χ4n) is 3.59. The second-order valence-electron chi connectivity index (χ2n) is 8.72. The molecule has 1 fully saturated rings. The van der Waals surface area contributed by atoms with Gasteiger partial charge in [-0.05, 0) is 68.7 Å². The van der Waals surface area contributed by atoms with Crippen molar-refractivity contribution in [3.63, 3.8) is 0 Å². The van der Waals surface area contributed by atoms with E-state index < -0.39 is 0 Å². The number of hydrogen-bond acceptors (Lipinski definition) is 3. The lowest BCUT2D eigenvalue weighted by Crippen LogP contribution is -2.38. The average Bonchev–Trinajstić information content (AvgIpc) is 3.14. The standard InChI is InChI=1S/C24H35NOS/c1-20-4-6-21(7-5-20)8-9-22-10-11-23(27-22)12-13-24(2,3)14-15-25-16-18-26-19-17-25/h4-7,10-11H,8-9,12-19H2,1-3H3. The molecule has 1 aromatic heterocycles. The highest BCUT2D eigenvalue weighted by Gasteiger charge is 2.20. The molecular formula is C24H35NOS. The minimum Gasteiger partial charge on any atom is -0.379 e. The Morgan fingerprint density at radius 2 is 1.56 bits per heavy atom. The molecule has 0 radical (unpaired) electrons. The Kier molecular flexibility index (Phi) is 7.51. The highest BCUT2D eigenvalue weighted by atomic mass is 32.1. The SMILES string of the molecule is Cc1ccc(CCc2ccc(CCC(C)(C)CCN3CCOCC3)s2)cc1. The summed E-state index contributed by atoms with van der Waals surface area (Å²) in [5.41, 5.74) is 3.19. The third-order valence-electron chi connectivity index (χ3n) is 5.75. The fourth-order valence-corrected chi connectivity index (χ4v) is 4.60. The monoisotopic (exact) mass is 385 g/mol. The van der Waals surface area contributed by atoms with Gasteiger partial charge in [0.25, 0.3) is 0 Å². The minimum absolute atomic E-state index is 0.407. The lowest BCUT2D eigenvalue weighted by Gasteiger charge is -2.31. The topological polar surface area (TPSA) is 12.5 Å². The quantitative estimate of drug-likeness (QED) is 0.563. The molecule has 1 saturated heterocycles. The van der Waals surface area contributed by atoms with Crippen LogP contribution in [0, 0.1) is 12.3 Å². The van der Waals surface area contributed by atoms with Crippen molar-refractivity contribution in [3.05, 3.63) is 57.3 Å². The second-order valence-corrected chi connectivity index (χ2v) is 9.97. The van der Waals surface area contributed by atoms with Crippen molar-refractivity contribution in [1.29, 1.82) is 0 Å². The minimum atomic E-state index is 0.407. The molecule has 2 aromatic rings. The number of benzene rings is 1. The number of thiophene rings is 1. The first-order chi connectivity index (χ1) is 13.0. The van der Waals surface area contributed by atoms with Crippen molar-refractivity contribution in [2.45, 2.75) is 52.9 Å². The maximum atomic E-state index is 5.45. The lowest BCUT2D eigenvalue weighted by atomic mass is 9.84. The summed E-state index contributed by atoms with van der Waals surface area (Å²) in [5.74, 6) is 0. The first kappa shape index (κ1) is 20.6. The largest absolute Gasteiger partial charge is 0.379 e. The van der Waals surface area contributed by atoms with Gasteiger partial charge in [0.15, 0.2) is 0 Å². The summed E-state index contributed by atoms with van der Waals surface area (Å²) >= 11 is 2.02. The molecule has 0 atom stereocenters. The normalized spacial score (nSPS) is 16.0. The van der Waals surface area contributed by atoms with Crippen LogP contribution in [0.3, 0.4) is 0 Å². The molecule has 0 aliphatic carbocycles. The number of nitrogens with zero attached hydrogens (tertiary/aromatic N) is 1. The van der Waals surface area contributed by atoms with Gasteiger partial charge < -0.3 is 4.74 Å². The number of hydrogen-bond donors (Lipinski definition) is 0. The molecule has 1 aliphatic heterocycles. The van der Waals surface area contributed by atoms with E-state index in [0.29, 0.717) is 5.41 Å². The Morgan fingerprint density at radius 3 is 2.26 bits per heavy atom. The molecule has 1 aliphatic rings. The number of rotatable bonds is 9. The molecule has 0 bridgehead atoms. The van der Waals surface area contributed by atoms with E-state index in [9.17, 15) is 0 Å². The summed E-state index contributed by atoms with van der Waals surface area (Å²) in [6.45, 7) is 12.2. The summed E-state index contributed by atoms with van der Waals surface area (Å²) in [7, 11) is 0. The van der Waals surface area contributed by atoms with Gasteiger partial charge in [0.05, 0.1) is 13.2 Å². The van der Waals surface area contributed by atoms with Crippen molar-refractivity contribution in [2.24, 2.45) is 5.41 Å². The van der Waals surface area contributed by atoms with Crippen LogP contribution in [0.2, 0.25) is 0 Å². The Morgan fingerprint density at radius 1 is 0.889 bits per heavy atom. The Balaban J connectivity index is 1.40. The van der Waals surface area contributed by atoms with Gasteiger partial charge in [-0.3, -0.25) is 4.90 Å². The van der Waals surface area contributed by atoms with Gasteiger partial charge in [-0.2, -0.15) is 0 Å². The summed E-state index contributed by atoms with van der Waals surface area (Å²) in [4.78, 5) is 5.63. The summed E-state index contributed by atoms with van der Waals surface area (Å²) in [6, 6.07) is 13.7. The molecule has 0 amide bonds. The average molecular weight is 386 g/mol. The van der Waals surface area contributed by atoms with Gasteiger partial charge in [-0.1, -0.05) is 43.7 Å². The molecule has 148 valence electrons. The van der Waals surface area contributed by atoms with Crippen LogP contribution in [0.15, 0.2) is 36.4 Å². The van der Waals surface area contributed by atoms with Crippen molar-refractivity contribution in [2.75, 3.05) is 32.8 Å². The zero-order valence-corrected chi connectivity index (χ0v) is 18.1. The van der Waals surface area contributed by atoms with Crippen LogP contribution in [-0.4, -0.2) is 37.7 Å². The zero-order chi connectivity index (χ0) is 19.1.